The Morgan fingerprint density at radius 2 is 1.97 bits per heavy atom. The zero-order valence-corrected chi connectivity index (χ0v) is 16.9. The van der Waals surface area contributed by atoms with Gasteiger partial charge in [-0.2, -0.15) is 23.0 Å². The van der Waals surface area contributed by atoms with Crippen molar-refractivity contribution in [2.45, 2.75) is 25.1 Å². The first kappa shape index (κ1) is 22.5. The number of pyridine rings is 2. The van der Waals surface area contributed by atoms with Gasteiger partial charge in [0.15, 0.2) is 0 Å². The molecule has 3 aromatic heterocycles. The number of rotatable bonds is 6. The van der Waals surface area contributed by atoms with Crippen LogP contribution in [0.15, 0.2) is 47.7 Å². The Morgan fingerprint density at radius 1 is 1.21 bits per heavy atom. The molecule has 1 fully saturated rings. The van der Waals surface area contributed by atoms with Gasteiger partial charge in [-0.15, -0.1) is 0 Å². The molecule has 0 radical (unpaired) electrons. The lowest BCUT2D eigenvalue weighted by atomic mass is 10.1. The average Bonchev–Trinajstić information content (AvgIpc) is 3.62. The van der Waals surface area contributed by atoms with Gasteiger partial charge in [-0.05, 0) is 37.0 Å². The summed E-state index contributed by atoms with van der Waals surface area (Å²) in [6, 6.07) is 3.38. The number of hydrogen-bond acceptors (Lipinski definition) is 6. The lowest BCUT2D eigenvalue weighted by Crippen LogP contribution is -2.42. The van der Waals surface area contributed by atoms with Gasteiger partial charge in [0.25, 0.3) is 11.5 Å². The summed E-state index contributed by atoms with van der Waals surface area (Å²) in [6.45, 7) is -0.320. The van der Waals surface area contributed by atoms with Crippen molar-refractivity contribution in [3.8, 4) is 16.9 Å². The van der Waals surface area contributed by atoms with E-state index in [0.29, 0.717) is 0 Å². The van der Waals surface area contributed by atoms with Gasteiger partial charge in [-0.1, -0.05) is 0 Å². The van der Waals surface area contributed by atoms with E-state index in [4.69, 9.17) is 0 Å². The maximum Gasteiger partial charge on any atom is 0.433 e. The molecule has 1 saturated carbocycles. The SMILES string of the molecule is O=C(NC(CO)C1CC1)c1cc(-c2ccc(C(F)(F)F)nc2)nn(-c2cncc(F)c2)c1=O. The third kappa shape index (κ3) is 4.90. The predicted octanol–water partition coefficient (Wildman–Crippen LogP) is 2.35. The van der Waals surface area contributed by atoms with Gasteiger partial charge < -0.3 is 10.4 Å². The summed E-state index contributed by atoms with van der Waals surface area (Å²) in [5.41, 5.74) is -2.44. The van der Waals surface area contributed by atoms with Crippen LogP contribution in [0.3, 0.4) is 0 Å². The molecule has 172 valence electrons. The summed E-state index contributed by atoms with van der Waals surface area (Å²) in [7, 11) is 0. The Balaban J connectivity index is 1.81. The molecular formula is C21H17F4N5O3. The topological polar surface area (TPSA) is 110 Å². The number of alkyl halides is 3. The Labute approximate surface area is 183 Å². The first-order chi connectivity index (χ1) is 15.7. The molecule has 12 heteroatoms. The number of carbonyl (C=O) groups is 1. The van der Waals surface area contributed by atoms with Crippen LogP contribution in [-0.2, 0) is 6.18 Å². The van der Waals surface area contributed by atoms with Gasteiger partial charge in [-0.3, -0.25) is 19.6 Å². The second-order valence-corrected chi connectivity index (χ2v) is 7.55. The number of aliphatic hydroxyl groups is 1. The van der Waals surface area contributed by atoms with Crippen molar-refractivity contribution in [2.75, 3.05) is 6.61 Å². The smallest absolute Gasteiger partial charge is 0.394 e. The summed E-state index contributed by atoms with van der Waals surface area (Å²) in [6.07, 6.45) is -0.0354. The molecule has 2 N–H and O–H groups in total. The number of hydrogen-bond donors (Lipinski definition) is 2. The summed E-state index contributed by atoms with van der Waals surface area (Å²) >= 11 is 0. The normalized spacial score (nSPS) is 14.7. The van der Waals surface area contributed by atoms with Crippen molar-refractivity contribution in [2.24, 2.45) is 5.92 Å². The van der Waals surface area contributed by atoms with E-state index in [1.54, 1.807) is 0 Å². The monoisotopic (exact) mass is 463 g/mol. The van der Waals surface area contributed by atoms with Crippen LogP contribution >= 0.6 is 0 Å². The maximum absolute atomic E-state index is 13.7. The molecular weight excluding hydrogens is 446 g/mol. The second kappa shape index (κ2) is 8.70. The van der Waals surface area contributed by atoms with Gasteiger partial charge in [0.1, 0.15) is 17.1 Å². The van der Waals surface area contributed by atoms with E-state index >= 15 is 0 Å². The fourth-order valence-electron chi connectivity index (χ4n) is 3.26. The second-order valence-electron chi connectivity index (χ2n) is 7.55. The molecule has 8 nitrogen and oxygen atoms in total. The standard InChI is InChI=1S/C21H17F4N5O3/c22-13-5-14(9-26-8-13)30-20(33)15(19(32)28-17(10-31)11-1-2-11)6-16(29-30)12-3-4-18(27-7-12)21(23,24)25/h3-9,11,17,31H,1-2,10H2,(H,28,32). The highest BCUT2D eigenvalue weighted by Gasteiger charge is 2.33. The Morgan fingerprint density at radius 3 is 2.55 bits per heavy atom. The van der Waals surface area contributed by atoms with Crippen LogP contribution in [-0.4, -0.2) is 43.4 Å². The van der Waals surface area contributed by atoms with Crippen LogP contribution in [0, 0.1) is 11.7 Å². The van der Waals surface area contributed by atoms with E-state index in [-0.39, 0.29) is 35.0 Å². The minimum Gasteiger partial charge on any atom is -0.394 e. The molecule has 0 spiro atoms. The van der Waals surface area contributed by atoms with E-state index in [1.807, 2.05) is 0 Å². The molecule has 0 aliphatic heterocycles. The Bertz CT molecular complexity index is 1240. The average molecular weight is 463 g/mol. The third-order valence-corrected chi connectivity index (χ3v) is 5.15. The van der Waals surface area contributed by atoms with Crippen molar-refractivity contribution in [3.05, 3.63) is 70.3 Å². The van der Waals surface area contributed by atoms with Gasteiger partial charge in [0.2, 0.25) is 0 Å². The molecule has 0 saturated heterocycles. The number of nitrogens with one attached hydrogen (secondary N) is 1. The van der Waals surface area contributed by atoms with Crippen LogP contribution in [0.2, 0.25) is 0 Å². The lowest BCUT2D eigenvalue weighted by Gasteiger charge is -2.16. The lowest BCUT2D eigenvalue weighted by molar-refractivity contribution is -0.141. The van der Waals surface area contributed by atoms with E-state index < -0.39 is 35.2 Å². The van der Waals surface area contributed by atoms with Gasteiger partial charge >= 0.3 is 6.18 Å². The summed E-state index contributed by atoms with van der Waals surface area (Å²) < 4.78 is 53.0. The highest BCUT2D eigenvalue weighted by atomic mass is 19.4. The zero-order chi connectivity index (χ0) is 23.8. The fraction of sp³-hybridized carbons (Fsp3) is 0.286. The molecule has 0 aromatic carbocycles. The van der Waals surface area contributed by atoms with E-state index in [2.05, 4.69) is 20.4 Å². The van der Waals surface area contributed by atoms with Crippen molar-refractivity contribution < 1.29 is 27.5 Å². The first-order valence-corrected chi connectivity index (χ1v) is 9.88. The molecule has 1 aliphatic rings. The predicted molar refractivity (Wildman–Crippen MR) is 107 cm³/mol. The summed E-state index contributed by atoms with van der Waals surface area (Å²) in [4.78, 5) is 32.9. The molecule has 1 atom stereocenters. The third-order valence-electron chi connectivity index (χ3n) is 5.15. The summed E-state index contributed by atoms with van der Waals surface area (Å²) in [5, 5.41) is 16.2. The highest BCUT2D eigenvalue weighted by Crippen LogP contribution is 2.32. The number of carbonyl (C=O) groups excluding carboxylic acids is 1. The van der Waals surface area contributed by atoms with Crippen LogP contribution in [0.4, 0.5) is 17.6 Å². The molecule has 1 aliphatic carbocycles. The minimum atomic E-state index is -4.65. The van der Waals surface area contributed by atoms with E-state index in [9.17, 15) is 32.3 Å². The van der Waals surface area contributed by atoms with Crippen molar-refractivity contribution in [1.82, 2.24) is 25.1 Å². The van der Waals surface area contributed by atoms with Crippen molar-refractivity contribution >= 4 is 5.91 Å². The zero-order valence-electron chi connectivity index (χ0n) is 16.9. The maximum atomic E-state index is 13.7. The van der Waals surface area contributed by atoms with Crippen molar-refractivity contribution in [1.29, 1.82) is 0 Å². The molecule has 4 rings (SSSR count). The van der Waals surface area contributed by atoms with E-state index in [1.165, 1.54) is 0 Å². The van der Waals surface area contributed by atoms with Crippen LogP contribution in [0.5, 0.6) is 0 Å². The number of halogens is 4. The minimum absolute atomic E-state index is 0.0443. The Hall–Kier alpha value is -3.67. The summed E-state index contributed by atoms with van der Waals surface area (Å²) in [5.74, 6) is -1.47. The van der Waals surface area contributed by atoms with Gasteiger partial charge in [0.05, 0.1) is 36.4 Å². The van der Waals surface area contributed by atoms with Gasteiger partial charge in [-0.25, -0.2) is 4.39 Å². The molecule has 3 heterocycles. The van der Waals surface area contributed by atoms with Crippen LogP contribution < -0.4 is 10.9 Å². The number of nitrogens with zero attached hydrogens (tertiary/aromatic N) is 4. The molecule has 1 unspecified atom stereocenters. The number of amides is 1. The first-order valence-electron chi connectivity index (χ1n) is 9.88. The van der Waals surface area contributed by atoms with Crippen LogP contribution in [0.1, 0.15) is 28.9 Å². The van der Waals surface area contributed by atoms with Crippen LogP contribution in [0.25, 0.3) is 16.9 Å². The van der Waals surface area contributed by atoms with Gasteiger partial charge in [0, 0.05) is 17.8 Å². The number of aliphatic hydroxyl groups excluding tert-OH is 1. The highest BCUT2D eigenvalue weighted by molar-refractivity contribution is 5.95. The fourth-order valence-corrected chi connectivity index (χ4v) is 3.26. The van der Waals surface area contributed by atoms with E-state index in [0.717, 1.165) is 60.4 Å². The molecule has 33 heavy (non-hydrogen) atoms. The molecule has 0 bridgehead atoms. The van der Waals surface area contributed by atoms with Crippen molar-refractivity contribution in [3.63, 3.8) is 0 Å². The molecule has 1 amide bonds. The molecule has 3 aromatic rings. The quantitative estimate of drug-likeness (QED) is 0.543. The Kier molecular flexibility index (Phi) is 5.93. The largest absolute Gasteiger partial charge is 0.433 e. The number of aromatic nitrogens is 4.